The molecule has 2 aromatic rings. The van der Waals surface area contributed by atoms with E-state index in [1.54, 1.807) is 24.3 Å². The van der Waals surface area contributed by atoms with Gasteiger partial charge in [0.1, 0.15) is 0 Å². The molecule has 84 valence electrons. The van der Waals surface area contributed by atoms with Crippen LogP contribution in [-0.2, 0) is 9.59 Å². The van der Waals surface area contributed by atoms with Gasteiger partial charge in [-0.2, -0.15) is 4.79 Å². The molecule has 5 heteroatoms. The van der Waals surface area contributed by atoms with Crippen LogP contribution >= 0.6 is 0 Å². The number of fused-ring (bicyclic) bond motifs is 1. The molecule has 1 aliphatic heterocycles. The van der Waals surface area contributed by atoms with E-state index in [1.165, 1.54) is 12.3 Å². The SMILES string of the molecule is O=C1C=C(c2cn(F)c3ccccc23)C(=O)N1. The lowest BCUT2D eigenvalue weighted by molar-refractivity contribution is -0.123. The second-order valence-electron chi connectivity index (χ2n) is 3.75. The summed E-state index contributed by atoms with van der Waals surface area (Å²) in [5, 5.41) is 2.74. The maximum absolute atomic E-state index is 13.6. The maximum atomic E-state index is 13.6. The molecule has 0 fully saturated rings. The fraction of sp³-hybridized carbons (Fsp3) is 0. The van der Waals surface area contributed by atoms with E-state index < -0.39 is 11.8 Å². The zero-order valence-electron chi connectivity index (χ0n) is 8.61. The molecule has 0 bridgehead atoms. The fourth-order valence-corrected chi connectivity index (χ4v) is 1.97. The van der Waals surface area contributed by atoms with E-state index in [0.717, 1.165) is 0 Å². The van der Waals surface area contributed by atoms with Gasteiger partial charge in [-0.3, -0.25) is 14.9 Å². The summed E-state index contributed by atoms with van der Waals surface area (Å²) in [7, 11) is 0. The highest BCUT2D eigenvalue weighted by molar-refractivity contribution is 6.35. The molecular formula is C12H7FN2O2. The quantitative estimate of drug-likeness (QED) is 0.753. The van der Waals surface area contributed by atoms with Crippen molar-refractivity contribution in [3.05, 3.63) is 42.1 Å². The summed E-state index contributed by atoms with van der Waals surface area (Å²) in [6.07, 6.45) is 2.39. The van der Waals surface area contributed by atoms with Crippen molar-refractivity contribution in [2.45, 2.75) is 0 Å². The smallest absolute Gasteiger partial charge is 0.258 e. The van der Waals surface area contributed by atoms with Gasteiger partial charge in [-0.1, -0.05) is 22.7 Å². The van der Waals surface area contributed by atoms with Crippen molar-refractivity contribution in [1.29, 1.82) is 0 Å². The normalized spacial score (nSPS) is 15.2. The summed E-state index contributed by atoms with van der Waals surface area (Å²) in [5.74, 6) is -0.966. The molecule has 3 rings (SSSR count). The van der Waals surface area contributed by atoms with Crippen molar-refractivity contribution >= 4 is 28.3 Å². The fourth-order valence-electron chi connectivity index (χ4n) is 1.97. The van der Waals surface area contributed by atoms with Crippen molar-refractivity contribution in [3.63, 3.8) is 0 Å². The molecular weight excluding hydrogens is 223 g/mol. The van der Waals surface area contributed by atoms with Crippen LogP contribution in [0.2, 0.25) is 0 Å². The molecule has 2 amide bonds. The van der Waals surface area contributed by atoms with E-state index >= 15 is 0 Å². The summed E-state index contributed by atoms with van der Waals surface area (Å²) < 4.78 is 13.6. The van der Waals surface area contributed by atoms with Gasteiger partial charge in [-0.25, -0.2) is 0 Å². The molecule has 1 aromatic heterocycles. The van der Waals surface area contributed by atoms with Crippen molar-refractivity contribution < 1.29 is 14.1 Å². The first-order chi connectivity index (χ1) is 8.16. The number of aromatic nitrogens is 1. The Morgan fingerprint density at radius 2 is 1.94 bits per heavy atom. The molecule has 0 unspecified atom stereocenters. The van der Waals surface area contributed by atoms with Crippen LogP contribution in [0.3, 0.4) is 0 Å². The third-order valence-corrected chi connectivity index (χ3v) is 2.71. The Balaban J connectivity index is 2.29. The Kier molecular flexibility index (Phi) is 1.89. The maximum Gasteiger partial charge on any atom is 0.258 e. The molecule has 0 spiro atoms. The molecule has 1 N–H and O–H groups in total. The molecule has 0 atom stereocenters. The van der Waals surface area contributed by atoms with E-state index in [9.17, 15) is 14.1 Å². The van der Waals surface area contributed by atoms with Crippen LogP contribution < -0.4 is 5.32 Å². The Labute approximate surface area is 95.3 Å². The first-order valence-electron chi connectivity index (χ1n) is 5.00. The van der Waals surface area contributed by atoms with E-state index in [0.29, 0.717) is 21.3 Å². The molecule has 1 aliphatic rings. The van der Waals surface area contributed by atoms with Crippen LogP contribution in [0.4, 0.5) is 4.48 Å². The van der Waals surface area contributed by atoms with Gasteiger partial charge in [-0.15, -0.1) is 0 Å². The Morgan fingerprint density at radius 1 is 1.18 bits per heavy atom. The van der Waals surface area contributed by atoms with Gasteiger partial charge in [0.15, 0.2) is 0 Å². The Hall–Kier alpha value is -2.43. The number of hydrogen-bond acceptors (Lipinski definition) is 2. The molecule has 4 nitrogen and oxygen atoms in total. The highest BCUT2D eigenvalue weighted by atomic mass is 19.2. The van der Waals surface area contributed by atoms with Gasteiger partial charge in [0.2, 0.25) is 0 Å². The second kappa shape index (κ2) is 3.28. The lowest BCUT2D eigenvalue weighted by Gasteiger charge is -1.96. The summed E-state index contributed by atoms with van der Waals surface area (Å²) in [6, 6.07) is 6.77. The van der Waals surface area contributed by atoms with Gasteiger partial charge < -0.3 is 0 Å². The highest BCUT2D eigenvalue weighted by Crippen LogP contribution is 2.28. The molecule has 0 saturated carbocycles. The number of carbonyl (C=O) groups excluding carboxylic acids is 2. The third kappa shape index (κ3) is 1.36. The van der Waals surface area contributed by atoms with Gasteiger partial charge in [-0.05, 0) is 6.07 Å². The lowest BCUT2D eigenvalue weighted by Crippen LogP contribution is -2.21. The number of nitrogens with zero attached hydrogens (tertiary/aromatic N) is 1. The minimum Gasteiger partial charge on any atom is -0.289 e. The second-order valence-corrected chi connectivity index (χ2v) is 3.75. The Morgan fingerprint density at radius 3 is 2.65 bits per heavy atom. The molecule has 17 heavy (non-hydrogen) atoms. The minimum absolute atomic E-state index is 0.197. The van der Waals surface area contributed by atoms with E-state index in [-0.39, 0.29) is 5.57 Å². The molecule has 0 radical (unpaired) electrons. The summed E-state index contributed by atoms with van der Waals surface area (Å²) in [4.78, 5) is 23.0. The summed E-state index contributed by atoms with van der Waals surface area (Å²) >= 11 is 0. The standard InChI is InChI=1S/C12H7FN2O2/c13-15-6-9(7-3-1-2-4-10(7)15)8-5-11(16)14-12(8)17/h1-6H,(H,14,16,17). The number of hydrogen-bond donors (Lipinski definition) is 1. The van der Waals surface area contributed by atoms with Gasteiger partial charge in [0, 0.05) is 23.2 Å². The van der Waals surface area contributed by atoms with Crippen LogP contribution in [0, 0.1) is 0 Å². The summed E-state index contributed by atoms with van der Waals surface area (Å²) in [6.45, 7) is 0. The molecule has 0 aliphatic carbocycles. The monoisotopic (exact) mass is 230 g/mol. The van der Waals surface area contributed by atoms with E-state index in [2.05, 4.69) is 5.32 Å². The average Bonchev–Trinajstić information content (AvgIpc) is 2.80. The number of rotatable bonds is 1. The van der Waals surface area contributed by atoms with Crippen LogP contribution in [0.1, 0.15) is 5.56 Å². The highest BCUT2D eigenvalue weighted by Gasteiger charge is 2.25. The van der Waals surface area contributed by atoms with E-state index in [1.807, 2.05) is 0 Å². The number of para-hydroxylation sites is 1. The van der Waals surface area contributed by atoms with Gasteiger partial charge >= 0.3 is 0 Å². The minimum atomic E-state index is -0.494. The number of halogens is 1. The van der Waals surface area contributed by atoms with Gasteiger partial charge in [0.05, 0.1) is 11.1 Å². The number of imide groups is 1. The molecule has 1 aromatic carbocycles. The first-order valence-corrected chi connectivity index (χ1v) is 5.00. The van der Waals surface area contributed by atoms with E-state index in [4.69, 9.17) is 0 Å². The zero-order valence-corrected chi connectivity index (χ0v) is 8.61. The molecule has 2 heterocycles. The molecule has 0 saturated heterocycles. The predicted octanol–water partition coefficient (Wildman–Crippen LogP) is 1.41. The van der Waals surface area contributed by atoms with Gasteiger partial charge in [0.25, 0.3) is 11.8 Å². The van der Waals surface area contributed by atoms with Crippen molar-refractivity contribution in [2.24, 2.45) is 0 Å². The van der Waals surface area contributed by atoms with Crippen LogP contribution in [0.5, 0.6) is 0 Å². The average molecular weight is 230 g/mol. The lowest BCUT2D eigenvalue weighted by atomic mass is 10.1. The predicted molar refractivity (Wildman–Crippen MR) is 59.6 cm³/mol. The summed E-state index contributed by atoms with van der Waals surface area (Å²) in [5.41, 5.74) is 0.990. The van der Waals surface area contributed by atoms with Crippen molar-refractivity contribution in [1.82, 2.24) is 10.1 Å². The number of amides is 2. The van der Waals surface area contributed by atoms with Crippen LogP contribution in [0.25, 0.3) is 16.5 Å². The number of carbonyl (C=O) groups is 2. The topological polar surface area (TPSA) is 51.1 Å². The van der Waals surface area contributed by atoms with Crippen LogP contribution in [-0.4, -0.2) is 16.6 Å². The van der Waals surface area contributed by atoms with Crippen molar-refractivity contribution in [3.8, 4) is 0 Å². The first kappa shape index (κ1) is 9.77. The number of benzene rings is 1. The van der Waals surface area contributed by atoms with Crippen molar-refractivity contribution in [2.75, 3.05) is 0 Å². The van der Waals surface area contributed by atoms with Crippen LogP contribution in [0.15, 0.2) is 36.5 Å². The Bertz CT molecular complexity index is 685. The largest absolute Gasteiger partial charge is 0.289 e. The zero-order chi connectivity index (χ0) is 12.0. The number of nitrogens with one attached hydrogen (secondary N) is 1. The third-order valence-electron chi connectivity index (χ3n) is 2.71.